The van der Waals surface area contributed by atoms with Gasteiger partial charge < -0.3 is 15.5 Å². The van der Waals surface area contributed by atoms with Crippen molar-refractivity contribution < 1.29 is 0 Å². The summed E-state index contributed by atoms with van der Waals surface area (Å²) >= 11 is 0. The molecule has 0 aliphatic heterocycles. The number of hydrogen-bond acceptors (Lipinski definition) is 5. The molecule has 1 aromatic heterocycles. The van der Waals surface area contributed by atoms with Gasteiger partial charge in [0.15, 0.2) is 0 Å². The van der Waals surface area contributed by atoms with Crippen LogP contribution in [0.2, 0.25) is 0 Å². The Labute approximate surface area is 110 Å². The Morgan fingerprint density at radius 1 is 1.22 bits per heavy atom. The fourth-order valence-electron chi connectivity index (χ4n) is 1.62. The van der Waals surface area contributed by atoms with E-state index in [-0.39, 0.29) is 0 Å². The lowest BCUT2D eigenvalue weighted by atomic mass is 10.3. The summed E-state index contributed by atoms with van der Waals surface area (Å²) in [4.78, 5) is 13.2. The van der Waals surface area contributed by atoms with Gasteiger partial charge in [0.2, 0.25) is 0 Å². The summed E-state index contributed by atoms with van der Waals surface area (Å²) in [6, 6.07) is 2.45. The second-order valence-electron chi connectivity index (χ2n) is 4.90. The average Bonchev–Trinajstić information content (AvgIpc) is 2.33. The third-order valence-electron chi connectivity index (χ3n) is 3.04. The highest BCUT2D eigenvalue weighted by Gasteiger charge is 2.11. The predicted octanol–water partition coefficient (Wildman–Crippen LogP) is 1.41. The minimum absolute atomic E-state index is 0.418. The molecule has 0 saturated carbocycles. The number of nitrogens with two attached hydrogens (primary N) is 1. The van der Waals surface area contributed by atoms with E-state index < -0.39 is 0 Å². The van der Waals surface area contributed by atoms with E-state index in [0.717, 1.165) is 30.4 Å². The van der Waals surface area contributed by atoms with Crippen LogP contribution in [0.5, 0.6) is 0 Å². The lowest BCUT2D eigenvalue weighted by Gasteiger charge is -2.25. The van der Waals surface area contributed by atoms with Gasteiger partial charge in [-0.1, -0.05) is 0 Å². The van der Waals surface area contributed by atoms with Gasteiger partial charge in [-0.25, -0.2) is 9.97 Å². The van der Waals surface area contributed by atoms with Crippen LogP contribution in [0.15, 0.2) is 6.07 Å². The first-order valence-electron chi connectivity index (χ1n) is 6.45. The summed E-state index contributed by atoms with van der Waals surface area (Å²) in [7, 11) is 4.09. The molecule has 0 aliphatic carbocycles. The summed E-state index contributed by atoms with van der Waals surface area (Å²) < 4.78 is 0. The molecule has 1 heterocycles. The zero-order valence-electron chi connectivity index (χ0n) is 12.1. The maximum Gasteiger partial charge on any atom is 0.134 e. The van der Waals surface area contributed by atoms with Crippen LogP contribution in [-0.2, 0) is 0 Å². The maximum absolute atomic E-state index is 5.53. The highest BCUT2D eigenvalue weighted by molar-refractivity contribution is 5.50. The number of rotatable bonds is 6. The topological polar surface area (TPSA) is 58.3 Å². The molecule has 102 valence electrons. The molecule has 0 fully saturated rings. The van der Waals surface area contributed by atoms with Gasteiger partial charge in [-0.3, -0.25) is 0 Å². The largest absolute Gasteiger partial charge is 0.359 e. The fraction of sp³-hybridized carbons (Fsp3) is 0.692. The van der Waals surface area contributed by atoms with Crippen LogP contribution in [0.4, 0.5) is 11.6 Å². The highest BCUT2D eigenvalue weighted by Crippen LogP contribution is 2.18. The third-order valence-corrected chi connectivity index (χ3v) is 3.04. The first-order chi connectivity index (χ1) is 8.45. The molecular weight excluding hydrogens is 226 g/mol. The lowest BCUT2D eigenvalue weighted by Crippen LogP contribution is -2.28. The van der Waals surface area contributed by atoms with E-state index in [1.54, 1.807) is 0 Å². The molecule has 2 N–H and O–H groups in total. The van der Waals surface area contributed by atoms with E-state index in [4.69, 9.17) is 5.73 Å². The Morgan fingerprint density at radius 2 is 1.83 bits per heavy atom. The van der Waals surface area contributed by atoms with Crippen molar-refractivity contribution in [2.45, 2.75) is 33.2 Å². The number of anilines is 2. The van der Waals surface area contributed by atoms with Crippen molar-refractivity contribution in [2.75, 3.05) is 37.0 Å². The van der Waals surface area contributed by atoms with E-state index >= 15 is 0 Å². The van der Waals surface area contributed by atoms with Crippen molar-refractivity contribution in [1.82, 2.24) is 9.97 Å². The first-order valence-corrected chi connectivity index (χ1v) is 6.45. The Bertz CT molecular complexity index is 378. The molecule has 0 bridgehead atoms. The minimum Gasteiger partial charge on any atom is -0.359 e. The van der Waals surface area contributed by atoms with Gasteiger partial charge in [-0.15, -0.1) is 0 Å². The molecule has 0 saturated heterocycles. The molecule has 5 heteroatoms. The number of nitrogens with zero attached hydrogens (tertiary/aromatic N) is 4. The number of hydrogen-bond donors (Lipinski definition) is 1. The molecule has 0 aromatic carbocycles. The fourth-order valence-corrected chi connectivity index (χ4v) is 1.62. The van der Waals surface area contributed by atoms with Crippen LogP contribution in [0.1, 0.15) is 26.1 Å². The average molecular weight is 251 g/mol. The SMILES string of the molecule is Cc1nc(N(C)CCCN)cc(N(C)C(C)C)n1. The normalized spacial score (nSPS) is 10.8. The van der Waals surface area contributed by atoms with Crippen molar-refractivity contribution in [3.63, 3.8) is 0 Å². The summed E-state index contributed by atoms with van der Waals surface area (Å²) in [6.07, 6.45) is 0.967. The minimum atomic E-state index is 0.418. The second-order valence-corrected chi connectivity index (χ2v) is 4.90. The number of aromatic nitrogens is 2. The van der Waals surface area contributed by atoms with Crippen molar-refractivity contribution in [2.24, 2.45) is 5.73 Å². The predicted molar refractivity (Wildman–Crippen MR) is 77.2 cm³/mol. The zero-order chi connectivity index (χ0) is 13.7. The van der Waals surface area contributed by atoms with Gasteiger partial charge in [0.25, 0.3) is 0 Å². The number of aryl methyl sites for hydroxylation is 1. The van der Waals surface area contributed by atoms with E-state index in [1.807, 2.05) is 20.0 Å². The van der Waals surface area contributed by atoms with Crippen molar-refractivity contribution in [3.8, 4) is 0 Å². The molecule has 0 radical (unpaired) electrons. The van der Waals surface area contributed by atoms with Gasteiger partial charge in [-0.05, 0) is 33.7 Å². The first kappa shape index (κ1) is 14.7. The van der Waals surface area contributed by atoms with Crippen molar-refractivity contribution >= 4 is 11.6 Å². The van der Waals surface area contributed by atoms with Crippen LogP contribution in [0.3, 0.4) is 0 Å². The van der Waals surface area contributed by atoms with Crippen LogP contribution in [-0.4, -0.2) is 43.2 Å². The highest BCUT2D eigenvalue weighted by atomic mass is 15.2. The molecule has 1 aromatic rings. The summed E-state index contributed by atoms with van der Waals surface area (Å²) in [5.41, 5.74) is 5.53. The van der Waals surface area contributed by atoms with Crippen molar-refractivity contribution in [3.05, 3.63) is 11.9 Å². The molecule has 1 rings (SSSR count). The molecule has 18 heavy (non-hydrogen) atoms. The summed E-state index contributed by atoms with van der Waals surface area (Å²) in [5.74, 6) is 2.72. The van der Waals surface area contributed by atoms with Crippen LogP contribution < -0.4 is 15.5 Å². The Balaban J connectivity index is 2.93. The smallest absolute Gasteiger partial charge is 0.134 e. The van der Waals surface area contributed by atoms with Crippen molar-refractivity contribution in [1.29, 1.82) is 0 Å². The Morgan fingerprint density at radius 3 is 2.39 bits per heavy atom. The summed E-state index contributed by atoms with van der Waals surface area (Å²) in [5, 5.41) is 0. The van der Waals surface area contributed by atoms with Gasteiger partial charge in [0, 0.05) is 32.7 Å². The van der Waals surface area contributed by atoms with Gasteiger partial charge in [0.05, 0.1) is 0 Å². The molecule has 0 atom stereocenters. The standard InChI is InChI=1S/C13H25N5/c1-10(2)18(5)13-9-12(15-11(3)16-13)17(4)8-6-7-14/h9-10H,6-8,14H2,1-5H3. The van der Waals surface area contributed by atoms with E-state index in [1.165, 1.54) is 0 Å². The van der Waals surface area contributed by atoms with Gasteiger partial charge in [0.1, 0.15) is 17.5 Å². The zero-order valence-corrected chi connectivity index (χ0v) is 12.1. The Hall–Kier alpha value is -1.36. The van der Waals surface area contributed by atoms with E-state index in [2.05, 4.69) is 40.7 Å². The van der Waals surface area contributed by atoms with Crippen LogP contribution in [0.25, 0.3) is 0 Å². The van der Waals surface area contributed by atoms with Gasteiger partial charge >= 0.3 is 0 Å². The molecular formula is C13H25N5. The summed E-state index contributed by atoms with van der Waals surface area (Å²) in [6.45, 7) is 7.84. The third kappa shape index (κ3) is 3.84. The molecule has 5 nitrogen and oxygen atoms in total. The lowest BCUT2D eigenvalue weighted by molar-refractivity contribution is 0.734. The quantitative estimate of drug-likeness (QED) is 0.828. The Kier molecular flexibility index (Phi) is 5.34. The maximum atomic E-state index is 5.53. The van der Waals surface area contributed by atoms with E-state index in [9.17, 15) is 0 Å². The van der Waals surface area contributed by atoms with Gasteiger partial charge in [-0.2, -0.15) is 0 Å². The van der Waals surface area contributed by atoms with Crippen LogP contribution >= 0.6 is 0 Å². The second kappa shape index (κ2) is 6.54. The molecule has 0 aliphatic rings. The monoisotopic (exact) mass is 251 g/mol. The van der Waals surface area contributed by atoms with E-state index in [0.29, 0.717) is 12.6 Å². The van der Waals surface area contributed by atoms with Crippen LogP contribution in [0, 0.1) is 6.92 Å². The molecule has 0 amide bonds. The molecule has 0 spiro atoms. The molecule has 0 unspecified atom stereocenters.